The normalized spacial score (nSPS) is 10.9. The van der Waals surface area contributed by atoms with Crippen LogP contribution in [0.25, 0.3) is 16.2 Å². The van der Waals surface area contributed by atoms with Crippen LogP contribution in [0, 0.1) is 6.92 Å². The molecule has 25 heavy (non-hydrogen) atoms. The molecule has 6 heteroatoms. The first-order chi connectivity index (χ1) is 12.2. The first-order valence-electron chi connectivity index (χ1n) is 7.96. The van der Waals surface area contributed by atoms with Crippen molar-refractivity contribution in [3.05, 3.63) is 76.9 Å². The van der Waals surface area contributed by atoms with E-state index in [0.29, 0.717) is 12.1 Å². The number of nitrogens with one attached hydrogen (secondary N) is 1. The molecule has 0 atom stereocenters. The zero-order chi connectivity index (χ0) is 17.2. The number of hydrogen-bond acceptors (Lipinski definition) is 4. The van der Waals surface area contributed by atoms with Crippen LogP contribution in [0.15, 0.2) is 60.7 Å². The van der Waals surface area contributed by atoms with E-state index < -0.39 is 0 Å². The van der Waals surface area contributed by atoms with Gasteiger partial charge in [0.2, 0.25) is 4.96 Å². The van der Waals surface area contributed by atoms with Crippen LogP contribution in [0.1, 0.15) is 21.1 Å². The van der Waals surface area contributed by atoms with Crippen molar-refractivity contribution in [1.82, 2.24) is 19.9 Å². The third-order valence-electron chi connectivity index (χ3n) is 3.90. The highest BCUT2D eigenvalue weighted by Crippen LogP contribution is 2.26. The Kier molecular flexibility index (Phi) is 4.03. The quantitative estimate of drug-likeness (QED) is 0.612. The number of rotatable bonds is 4. The third-order valence-corrected chi connectivity index (χ3v) is 4.72. The Balaban J connectivity index is 1.69. The summed E-state index contributed by atoms with van der Waals surface area (Å²) in [6.45, 7) is 2.32. The standard InChI is InChI=1S/C19H16N4OS/c1-13-22-23-16(12-20-18(24)15-10-6-3-7-11-15)17(21-19(23)25-13)14-8-4-2-5-9-14/h2-11H,12H2,1H3,(H,20,24). The van der Waals surface area contributed by atoms with Gasteiger partial charge in [0.05, 0.1) is 17.9 Å². The van der Waals surface area contributed by atoms with Crippen molar-refractivity contribution in [2.24, 2.45) is 0 Å². The Bertz CT molecular complexity index is 1020. The molecular weight excluding hydrogens is 332 g/mol. The Labute approximate surface area is 149 Å². The van der Waals surface area contributed by atoms with Crippen LogP contribution in [0.4, 0.5) is 0 Å². The van der Waals surface area contributed by atoms with Crippen LogP contribution in [-0.2, 0) is 6.54 Å². The highest BCUT2D eigenvalue weighted by Gasteiger charge is 2.18. The Hall–Kier alpha value is -2.99. The lowest BCUT2D eigenvalue weighted by Gasteiger charge is -2.07. The molecule has 0 aliphatic rings. The molecule has 0 aliphatic heterocycles. The second-order valence-corrected chi connectivity index (χ2v) is 6.80. The summed E-state index contributed by atoms with van der Waals surface area (Å²) in [6.07, 6.45) is 0. The van der Waals surface area contributed by atoms with Gasteiger partial charge in [-0.15, -0.1) is 0 Å². The number of carbonyl (C=O) groups is 1. The van der Waals surface area contributed by atoms with Gasteiger partial charge in [-0.05, 0) is 19.1 Å². The Morgan fingerprint density at radius 2 is 1.76 bits per heavy atom. The first-order valence-corrected chi connectivity index (χ1v) is 8.78. The molecule has 1 amide bonds. The van der Waals surface area contributed by atoms with Gasteiger partial charge in [0.1, 0.15) is 5.01 Å². The summed E-state index contributed by atoms with van der Waals surface area (Å²) in [7, 11) is 0. The lowest BCUT2D eigenvalue weighted by atomic mass is 10.1. The summed E-state index contributed by atoms with van der Waals surface area (Å²) in [6, 6.07) is 19.2. The summed E-state index contributed by atoms with van der Waals surface area (Å²) >= 11 is 1.54. The van der Waals surface area contributed by atoms with E-state index in [9.17, 15) is 4.79 Å². The molecule has 2 aromatic heterocycles. The van der Waals surface area contributed by atoms with Gasteiger partial charge in [-0.3, -0.25) is 4.79 Å². The van der Waals surface area contributed by atoms with E-state index in [-0.39, 0.29) is 5.91 Å². The monoisotopic (exact) mass is 348 g/mol. The fourth-order valence-electron chi connectivity index (χ4n) is 2.73. The van der Waals surface area contributed by atoms with Gasteiger partial charge in [-0.1, -0.05) is 59.9 Å². The van der Waals surface area contributed by atoms with Gasteiger partial charge in [0, 0.05) is 11.1 Å². The maximum Gasteiger partial charge on any atom is 0.251 e. The molecule has 0 radical (unpaired) electrons. The van der Waals surface area contributed by atoms with Crippen LogP contribution in [0.2, 0.25) is 0 Å². The molecule has 2 heterocycles. The number of aryl methyl sites for hydroxylation is 1. The van der Waals surface area contributed by atoms with E-state index in [1.54, 1.807) is 23.5 Å². The third kappa shape index (κ3) is 3.04. The van der Waals surface area contributed by atoms with E-state index in [1.807, 2.05) is 60.0 Å². The lowest BCUT2D eigenvalue weighted by molar-refractivity contribution is 0.0950. The van der Waals surface area contributed by atoms with Gasteiger partial charge in [-0.25, -0.2) is 9.50 Å². The molecule has 0 saturated carbocycles. The predicted octanol–water partition coefficient (Wildman–Crippen LogP) is 3.70. The van der Waals surface area contributed by atoms with E-state index >= 15 is 0 Å². The molecule has 0 bridgehead atoms. The van der Waals surface area contributed by atoms with E-state index in [2.05, 4.69) is 10.4 Å². The van der Waals surface area contributed by atoms with E-state index in [1.165, 1.54) is 0 Å². The molecule has 124 valence electrons. The van der Waals surface area contributed by atoms with Crippen LogP contribution in [0.3, 0.4) is 0 Å². The van der Waals surface area contributed by atoms with Crippen molar-refractivity contribution in [1.29, 1.82) is 0 Å². The number of carbonyl (C=O) groups excluding carboxylic acids is 1. The number of nitrogens with zero attached hydrogens (tertiary/aromatic N) is 3. The highest BCUT2D eigenvalue weighted by atomic mass is 32.1. The fraction of sp³-hybridized carbons (Fsp3) is 0.105. The van der Waals surface area contributed by atoms with E-state index in [0.717, 1.165) is 26.9 Å². The predicted molar refractivity (Wildman–Crippen MR) is 98.6 cm³/mol. The van der Waals surface area contributed by atoms with E-state index in [4.69, 9.17) is 4.98 Å². The molecule has 4 rings (SSSR count). The average molecular weight is 348 g/mol. The molecular formula is C19H16N4OS. The largest absolute Gasteiger partial charge is 0.346 e. The molecule has 4 aromatic rings. The van der Waals surface area contributed by atoms with Gasteiger partial charge < -0.3 is 5.32 Å². The average Bonchev–Trinajstić information content (AvgIpc) is 3.17. The van der Waals surface area contributed by atoms with Crippen LogP contribution < -0.4 is 5.32 Å². The fourth-order valence-corrected chi connectivity index (χ4v) is 3.49. The number of imidazole rings is 1. The number of hydrogen-bond donors (Lipinski definition) is 1. The van der Waals surface area contributed by atoms with Crippen LogP contribution in [-0.4, -0.2) is 20.5 Å². The Morgan fingerprint density at radius 3 is 2.48 bits per heavy atom. The molecule has 0 fully saturated rings. The minimum atomic E-state index is -0.110. The second kappa shape index (κ2) is 6.49. The highest BCUT2D eigenvalue weighted by molar-refractivity contribution is 7.16. The SMILES string of the molecule is Cc1nn2c(CNC(=O)c3ccccc3)c(-c3ccccc3)nc2s1. The maximum atomic E-state index is 12.4. The topological polar surface area (TPSA) is 59.3 Å². The minimum Gasteiger partial charge on any atom is -0.346 e. The number of aromatic nitrogens is 3. The molecule has 1 N–H and O–H groups in total. The minimum absolute atomic E-state index is 0.110. The van der Waals surface area contributed by atoms with Crippen molar-refractivity contribution in [3.8, 4) is 11.3 Å². The molecule has 0 saturated heterocycles. The summed E-state index contributed by atoms with van der Waals surface area (Å²) < 4.78 is 1.83. The van der Waals surface area contributed by atoms with Gasteiger partial charge in [0.15, 0.2) is 0 Å². The lowest BCUT2D eigenvalue weighted by Crippen LogP contribution is -2.23. The number of fused-ring (bicyclic) bond motifs is 1. The number of amides is 1. The van der Waals surface area contributed by atoms with Gasteiger partial charge >= 0.3 is 0 Å². The van der Waals surface area contributed by atoms with Crippen LogP contribution in [0.5, 0.6) is 0 Å². The molecule has 0 unspecified atom stereocenters. The maximum absolute atomic E-state index is 12.4. The summed E-state index contributed by atoms with van der Waals surface area (Å²) in [5.41, 5.74) is 3.39. The first kappa shape index (κ1) is 15.5. The summed E-state index contributed by atoms with van der Waals surface area (Å²) in [4.78, 5) is 17.9. The van der Waals surface area contributed by atoms with Gasteiger partial charge in [-0.2, -0.15) is 5.10 Å². The van der Waals surface area contributed by atoms with Gasteiger partial charge in [0.25, 0.3) is 5.91 Å². The van der Waals surface area contributed by atoms with Crippen LogP contribution >= 0.6 is 11.3 Å². The van der Waals surface area contributed by atoms with Crippen molar-refractivity contribution in [2.75, 3.05) is 0 Å². The summed E-state index contributed by atoms with van der Waals surface area (Å²) in [5.74, 6) is -0.110. The van der Waals surface area contributed by atoms with Crippen molar-refractivity contribution < 1.29 is 4.79 Å². The summed E-state index contributed by atoms with van der Waals surface area (Å²) in [5, 5.41) is 8.45. The molecule has 0 spiro atoms. The van der Waals surface area contributed by atoms with Crippen molar-refractivity contribution in [2.45, 2.75) is 13.5 Å². The molecule has 0 aliphatic carbocycles. The smallest absolute Gasteiger partial charge is 0.251 e. The zero-order valence-corrected chi connectivity index (χ0v) is 14.5. The van der Waals surface area contributed by atoms with Crippen molar-refractivity contribution >= 4 is 22.2 Å². The Morgan fingerprint density at radius 1 is 1.08 bits per heavy atom. The second-order valence-electron chi connectivity index (χ2n) is 5.64. The van der Waals surface area contributed by atoms with Crippen molar-refractivity contribution in [3.63, 3.8) is 0 Å². The molecule has 2 aromatic carbocycles. The molecule has 5 nitrogen and oxygen atoms in total. The number of benzene rings is 2. The zero-order valence-electron chi connectivity index (χ0n) is 13.6.